The quantitative estimate of drug-likeness (QED) is 0.503. The molecular formula is C11H18O. The molecule has 0 aromatic rings. The van der Waals surface area contributed by atoms with Crippen LogP contribution in [0.5, 0.6) is 0 Å². The topological polar surface area (TPSA) is 9.23 Å². The van der Waals surface area contributed by atoms with Gasteiger partial charge in [0.1, 0.15) is 0 Å². The lowest BCUT2D eigenvalue weighted by molar-refractivity contribution is 0.00944. The second-order valence-electron chi connectivity index (χ2n) is 4.65. The highest BCUT2D eigenvalue weighted by Gasteiger charge is 2.44. The predicted octanol–water partition coefficient (Wildman–Crippen LogP) is 2.77. The lowest BCUT2D eigenvalue weighted by Gasteiger charge is -2.31. The van der Waals surface area contributed by atoms with E-state index in [9.17, 15) is 0 Å². The van der Waals surface area contributed by atoms with E-state index in [0.29, 0.717) is 5.92 Å². The SMILES string of the molecule is CC1=CCCC2C1COC2(C)C. The molecule has 1 aliphatic heterocycles. The van der Waals surface area contributed by atoms with Crippen LogP contribution in [0.15, 0.2) is 11.6 Å². The van der Waals surface area contributed by atoms with Crippen LogP contribution in [0.3, 0.4) is 0 Å². The van der Waals surface area contributed by atoms with Gasteiger partial charge in [0.05, 0.1) is 12.2 Å². The first kappa shape index (κ1) is 8.31. The van der Waals surface area contributed by atoms with Gasteiger partial charge in [-0.1, -0.05) is 11.6 Å². The normalized spacial score (nSPS) is 39.1. The van der Waals surface area contributed by atoms with Crippen molar-refractivity contribution in [2.24, 2.45) is 11.8 Å². The van der Waals surface area contributed by atoms with E-state index in [1.54, 1.807) is 5.57 Å². The Morgan fingerprint density at radius 2 is 2.25 bits per heavy atom. The smallest absolute Gasteiger partial charge is 0.0661 e. The van der Waals surface area contributed by atoms with E-state index in [1.807, 2.05) is 0 Å². The highest BCUT2D eigenvalue weighted by molar-refractivity contribution is 5.14. The molecule has 1 aliphatic carbocycles. The molecule has 0 N–H and O–H groups in total. The summed E-state index contributed by atoms with van der Waals surface area (Å²) in [4.78, 5) is 0. The fourth-order valence-electron chi connectivity index (χ4n) is 2.65. The summed E-state index contributed by atoms with van der Waals surface area (Å²) in [6, 6.07) is 0. The summed E-state index contributed by atoms with van der Waals surface area (Å²) in [5.74, 6) is 1.48. The molecule has 1 fully saturated rings. The first-order valence-corrected chi connectivity index (χ1v) is 4.92. The molecule has 0 spiro atoms. The average molecular weight is 166 g/mol. The second kappa shape index (κ2) is 2.59. The minimum Gasteiger partial charge on any atom is -0.375 e. The van der Waals surface area contributed by atoms with Gasteiger partial charge in [-0.15, -0.1) is 0 Å². The molecule has 2 aliphatic rings. The Bertz CT molecular complexity index is 215. The summed E-state index contributed by atoms with van der Waals surface area (Å²) >= 11 is 0. The van der Waals surface area contributed by atoms with Gasteiger partial charge in [-0.05, 0) is 39.5 Å². The van der Waals surface area contributed by atoms with Crippen molar-refractivity contribution in [3.63, 3.8) is 0 Å². The Morgan fingerprint density at radius 3 is 2.92 bits per heavy atom. The predicted molar refractivity (Wildman–Crippen MR) is 50.0 cm³/mol. The monoisotopic (exact) mass is 166 g/mol. The van der Waals surface area contributed by atoms with Crippen LogP contribution in [0.4, 0.5) is 0 Å². The zero-order chi connectivity index (χ0) is 8.77. The lowest BCUT2D eigenvalue weighted by Crippen LogP contribution is -2.31. The van der Waals surface area contributed by atoms with Crippen molar-refractivity contribution in [3.05, 3.63) is 11.6 Å². The largest absolute Gasteiger partial charge is 0.375 e. The number of ether oxygens (including phenoxy) is 1. The maximum Gasteiger partial charge on any atom is 0.0661 e. The van der Waals surface area contributed by atoms with E-state index in [0.717, 1.165) is 12.5 Å². The van der Waals surface area contributed by atoms with Crippen LogP contribution in [-0.4, -0.2) is 12.2 Å². The number of hydrogen-bond acceptors (Lipinski definition) is 1. The Labute approximate surface area is 74.8 Å². The first-order valence-electron chi connectivity index (χ1n) is 4.92. The number of fused-ring (bicyclic) bond motifs is 1. The van der Waals surface area contributed by atoms with Gasteiger partial charge in [0.15, 0.2) is 0 Å². The van der Waals surface area contributed by atoms with Gasteiger partial charge in [0.2, 0.25) is 0 Å². The molecule has 2 unspecified atom stereocenters. The highest BCUT2D eigenvalue weighted by Crippen LogP contribution is 2.44. The van der Waals surface area contributed by atoms with Crippen LogP contribution >= 0.6 is 0 Å². The minimum atomic E-state index is 0.125. The highest BCUT2D eigenvalue weighted by atomic mass is 16.5. The molecule has 1 nitrogen and oxygen atoms in total. The van der Waals surface area contributed by atoms with Gasteiger partial charge in [-0.3, -0.25) is 0 Å². The fourth-order valence-corrected chi connectivity index (χ4v) is 2.65. The van der Waals surface area contributed by atoms with Crippen molar-refractivity contribution >= 4 is 0 Å². The standard InChI is InChI=1S/C11H18O/c1-8-5-4-6-10-9(8)7-12-11(10,2)3/h5,9-10H,4,6-7H2,1-3H3. The second-order valence-corrected chi connectivity index (χ2v) is 4.65. The maximum atomic E-state index is 5.82. The van der Waals surface area contributed by atoms with Crippen molar-refractivity contribution in [1.82, 2.24) is 0 Å². The molecule has 2 rings (SSSR count). The van der Waals surface area contributed by atoms with Gasteiger partial charge in [-0.25, -0.2) is 0 Å². The van der Waals surface area contributed by atoms with Crippen LogP contribution in [0, 0.1) is 11.8 Å². The van der Waals surface area contributed by atoms with E-state index >= 15 is 0 Å². The summed E-state index contributed by atoms with van der Waals surface area (Å²) in [6.45, 7) is 7.66. The molecule has 1 saturated heterocycles. The van der Waals surface area contributed by atoms with Gasteiger partial charge < -0.3 is 4.74 Å². The number of allylic oxidation sites excluding steroid dienone is 1. The zero-order valence-electron chi connectivity index (χ0n) is 8.26. The van der Waals surface area contributed by atoms with Gasteiger partial charge >= 0.3 is 0 Å². The van der Waals surface area contributed by atoms with Crippen LogP contribution in [0.2, 0.25) is 0 Å². The Kier molecular flexibility index (Phi) is 1.80. The molecule has 0 radical (unpaired) electrons. The summed E-state index contributed by atoms with van der Waals surface area (Å²) < 4.78 is 5.82. The summed E-state index contributed by atoms with van der Waals surface area (Å²) in [5, 5.41) is 0. The third kappa shape index (κ3) is 1.11. The van der Waals surface area contributed by atoms with Crippen molar-refractivity contribution in [2.45, 2.75) is 39.2 Å². The van der Waals surface area contributed by atoms with E-state index in [2.05, 4.69) is 26.8 Å². The molecule has 0 bridgehead atoms. The molecule has 2 atom stereocenters. The molecule has 0 aromatic heterocycles. The van der Waals surface area contributed by atoms with Gasteiger partial charge in [0, 0.05) is 5.92 Å². The fraction of sp³-hybridized carbons (Fsp3) is 0.818. The van der Waals surface area contributed by atoms with E-state index < -0.39 is 0 Å². The number of hydrogen-bond donors (Lipinski definition) is 0. The average Bonchev–Trinajstić information content (AvgIpc) is 2.30. The third-order valence-electron chi connectivity index (χ3n) is 3.54. The number of rotatable bonds is 0. The van der Waals surface area contributed by atoms with Crippen molar-refractivity contribution in [1.29, 1.82) is 0 Å². The first-order chi connectivity index (χ1) is 5.61. The molecular weight excluding hydrogens is 148 g/mol. The molecule has 68 valence electrons. The van der Waals surface area contributed by atoms with Crippen LogP contribution in [-0.2, 0) is 4.74 Å². The van der Waals surface area contributed by atoms with Gasteiger partial charge in [0.25, 0.3) is 0 Å². The van der Waals surface area contributed by atoms with E-state index in [-0.39, 0.29) is 5.60 Å². The maximum absolute atomic E-state index is 5.82. The van der Waals surface area contributed by atoms with Crippen LogP contribution in [0.1, 0.15) is 33.6 Å². The molecule has 12 heavy (non-hydrogen) atoms. The Hall–Kier alpha value is -0.300. The molecule has 0 aromatic carbocycles. The van der Waals surface area contributed by atoms with Crippen molar-refractivity contribution in [3.8, 4) is 0 Å². The molecule has 0 saturated carbocycles. The van der Waals surface area contributed by atoms with Gasteiger partial charge in [-0.2, -0.15) is 0 Å². The van der Waals surface area contributed by atoms with Crippen molar-refractivity contribution < 1.29 is 4.74 Å². The summed E-state index contributed by atoms with van der Waals surface area (Å²) in [6.07, 6.45) is 4.95. The van der Waals surface area contributed by atoms with Crippen molar-refractivity contribution in [2.75, 3.05) is 6.61 Å². The summed E-state index contributed by atoms with van der Waals surface area (Å²) in [5.41, 5.74) is 1.68. The Balaban J connectivity index is 2.24. The molecule has 1 heterocycles. The summed E-state index contributed by atoms with van der Waals surface area (Å²) in [7, 11) is 0. The molecule has 0 amide bonds. The minimum absolute atomic E-state index is 0.125. The van der Waals surface area contributed by atoms with Crippen LogP contribution < -0.4 is 0 Å². The Morgan fingerprint density at radius 1 is 1.50 bits per heavy atom. The third-order valence-corrected chi connectivity index (χ3v) is 3.54. The van der Waals surface area contributed by atoms with E-state index in [4.69, 9.17) is 4.74 Å². The molecule has 1 heteroatoms. The van der Waals surface area contributed by atoms with E-state index in [1.165, 1.54) is 12.8 Å². The lowest BCUT2D eigenvalue weighted by atomic mass is 9.74. The zero-order valence-corrected chi connectivity index (χ0v) is 8.26. The van der Waals surface area contributed by atoms with Crippen LogP contribution in [0.25, 0.3) is 0 Å².